The molecule has 0 spiro atoms. The van der Waals surface area contributed by atoms with Crippen LogP contribution < -0.4 is 11.1 Å². The molecule has 0 radical (unpaired) electrons. The number of hydrogen-bond acceptors (Lipinski definition) is 5. The van der Waals surface area contributed by atoms with Crippen LogP contribution in [0.3, 0.4) is 0 Å². The first-order valence-corrected chi connectivity index (χ1v) is 6.47. The van der Waals surface area contributed by atoms with Gasteiger partial charge in [0.15, 0.2) is 0 Å². The summed E-state index contributed by atoms with van der Waals surface area (Å²) < 4.78 is 0. The molecule has 6 nitrogen and oxygen atoms in total. The standard InChI is InChI=1S/C13H20N4O2/c1-9-5-11(3-4-16(9)2)15-12-6-10(14)7-13(8-12)17(18)19/h6-9,11,15H,3-5,14H2,1-2H3. The predicted octanol–water partition coefficient (Wildman–Crippen LogP) is 2.07. The molecule has 0 saturated carbocycles. The Bertz CT molecular complexity index is 478. The van der Waals surface area contributed by atoms with E-state index in [1.807, 2.05) is 0 Å². The van der Waals surface area contributed by atoms with Gasteiger partial charge in [0.05, 0.1) is 4.92 Å². The highest BCUT2D eigenvalue weighted by Gasteiger charge is 2.23. The Kier molecular flexibility index (Phi) is 3.90. The number of nitrogens with two attached hydrogens (primary N) is 1. The van der Waals surface area contributed by atoms with Crippen LogP contribution in [0.2, 0.25) is 0 Å². The topological polar surface area (TPSA) is 84.4 Å². The van der Waals surface area contributed by atoms with Crippen LogP contribution in [-0.4, -0.2) is 35.5 Å². The zero-order valence-electron chi connectivity index (χ0n) is 11.3. The van der Waals surface area contributed by atoms with Gasteiger partial charge in [-0.25, -0.2) is 0 Å². The maximum absolute atomic E-state index is 10.8. The Balaban J connectivity index is 2.09. The van der Waals surface area contributed by atoms with Crippen molar-refractivity contribution in [1.82, 2.24) is 4.90 Å². The second-order valence-corrected chi connectivity index (χ2v) is 5.27. The lowest BCUT2D eigenvalue weighted by atomic mass is 9.98. The van der Waals surface area contributed by atoms with E-state index in [0.717, 1.165) is 25.1 Å². The summed E-state index contributed by atoms with van der Waals surface area (Å²) in [6, 6.07) is 5.52. The second-order valence-electron chi connectivity index (χ2n) is 5.27. The van der Waals surface area contributed by atoms with Gasteiger partial charge >= 0.3 is 0 Å². The van der Waals surface area contributed by atoms with E-state index in [0.29, 0.717) is 17.8 Å². The van der Waals surface area contributed by atoms with Gasteiger partial charge in [-0.05, 0) is 32.9 Å². The van der Waals surface area contributed by atoms with Gasteiger partial charge < -0.3 is 16.0 Å². The van der Waals surface area contributed by atoms with Crippen molar-refractivity contribution >= 4 is 17.1 Å². The molecule has 2 rings (SSSR count). The van der Waals surface area contributed by atoms with Gasteiger partial charge in [0.2, 0.25) is 0 Å². The second kappa shape index (κ2) is 5.44. The Labute approximate surface area is 112 Å². The summed E-state index contributed by atoms with van der Waals surface area (Å²) in [5.41, 5.74) is 6.87. The molecule has 1 saturated heterocycles. The van der Waals surface area contributed by atoms with Gasteiger partial charge in [0.25, 0.3) is 5.69 Å². The van der Waals surface area contributed by atoms with Crippen molar-refractivity contribution in [2.75, 3.05) is 24.6 Å². The number of anilines is 2. The van der Waals surface area contributed by atoms with Gasteiger partial charge in [0.1, 0.15) is 0 Å². The quantitative estimate of drug-likeness (QED) is 0.496. The maximum atomic E-state index is 10.8. The third-order valence-corrected chi connectivity index (χ3v) is 3.73. The van der Waals surface area contributed by atoms with Gasteiger partial charge in [-0.1, -0.05) is 0 Å². The van der Waals surface area contributed by atoms with Gasteiger partial charge in [-0.3, -0.25) is 10.1 Å². The molecule has 6 heteroatoms. The van der Waals surface area contributed by atoms with E-state index in [1.54, 1.807) is 12.1 Å². The Morgan fingerprint density at radius 3 is 2.84 bits per heavy atom. The summed E-state index contributed by atoms with van der Waals surface area (Å²) in [7, 11) is 2.12. The number of piperidine rings is 1. The van der Waals surface area contributed by atoms with Crippen LogP contribution in [0.4, 0.5) is 17.1 Å². The molecule has 3 N–H and O–H groups in total. The molecule has 19 heavy (non-hydrogen) atoms. The number of hydrogen-bond donors (Lipinski definition) is 2. The Hall–Kier alpha value is -1.82. The number of likely N-dealkylation sites (tertiary alicyclic amines) is 1. The number of nitrogens with one attached hydrogen (secondary N) is 1. The zero-order chi connectivity index (χ0) is 14.0. The maximum Gasteiger partial charge on any atom is 0.273 e. The predicted molar refractivity (Wildman–Crippen MR) is 76.2 cm³/mol. The van der Waals surface area contributed by atoms with E-state index in [9.17, 15) is 10.1 Å². The molecule has 104 valence electrons. The van der Waals surface area contributed by atoms with E-state index >= 15 is 0 Å². The molecule has 0 amide bonds. The highest BCUT2D eigenvalue weighted by Crippen LogP contribution is 2.25. The van der Waals surface area contributed by atoms with Gasteiger partial charge in [0, 0.05) is 42.1 Å². The minimum Gasteiger partial charge on any atom is -0.398 e. The van der Waals surface area contributed by atoms with Crippen LogP contribution in [0.1, 0.15) is 19.8 Å². The lowest BCUT2D eigenvalue weighted by Crippen LogP contribution is -2.42. The lowest BCUT2D eigenvalue weighted by molar-refractivity contribution is -0.384. The summed E-state index contributed by atoms with van der Waals surface area (Å²) in [5.74, 6) is 0. The number of rotatable bonds is 3. The molecule has 2 atom stereocenters. The summed E-state index contributed by atoms with van der Waals surface area (Å²) in [6.45, 7) is 3.22. The van der Waals surface area contributed by atoms with Crippen molar-refractivity contribution in [2.24, 2.45) is 0 Å². The Morgan fingerprint density at radius 1 is 1.47 bits per heavy atom. The SMILES string of the molecule is CC1CC(Nc2cc(N)cc([N+](=O)[O-])c2)CCN1C. The average Bonchev–Trinajstić information content (AvgIpc) is 2.33. The summed E-state index contributed by atoms with van der Waals surface area (Å²) in [6.07, 6.45) is 2.06. The molecule has 1 heterocycles. The van der Waals surface area contributed by atoms with Crippen molar-refractivity contribution in [3.63, 3.8) is 0 Å². The van der Waals surface area contributed by atoms with E-state index in [2.05, 4.69) is 24.2 Å². The van der Waals surface area contributed by atoms with Crippen LogP contribution in [0.15, 0.2) is 18.2 Å². The van der Waals surface area contributed by atoms with E-state index in [4.69, 9.17) is 5.73 Å². The largest absolute Gasteiger partial charge is 0.398 e. The first kappa shape index (κ1) is 13.6. The molecular weight excluding hydrogens is 244 g/mol. The van der Waals surface area contributed by atoms with Crippen molar-refractivity contribution in [1.29, 1.82) is 0 Å². The molecule has 1 fully saturated rings. The normalized spacial score (nSPS) is 24.1. The number of non-ortho nitro benzene ring substituents is 1. The fraction of sp³-hybridized carbons (Fsp3) is 0.538. The summed E-state index contributed by atoms with van der Waals surface area (Å²) >= 11 is 0. The molecule has 1 aliphatic rings. The smallest absolute Gasteiger partial charge is 0.273 e. The van der Waals surface area contributed by atoms with Gasteiger partial charge in [-0.15, -0.1) is 0 Å². The molecule has 2 unspecified atom stereocenters. The molecule has 0 aromatic heterocycles. The number of nitro groups is 1. The summed E-state index contributed by atoms with van der Waals surface area (Å²) in [5, 5.41) is 14.2. The van der Waals surface area contributed by atoms with E-state index in [-0.39, 0.29) is 5.69 Å². The molecule has 0 aliphatic carbocycles. The fourth-order valence-corrected chi connectivity index (χ4v) is 2.48. The minimum absolute atomic E-state index is 0.0310. The highest BCUT2D eigenvalue weighted by atomic mass is 16.6. The molecular formula is C13H20N4O2. The Morgan fingerprint density at radius 2 is 2.21 bits per heavy atom. The lowest BCUT2D eigenvalue weighted by Gasteiger charge is -2.35. The molecule has 1 aromatic carbocycles. The van der Waals surface area contributed by atoms with E-state index < -0.39 is 4.92 Å². The van der Waals surface area contributed by atoms with Crippen LogP contribution in [0, 0.1) is 10.1 Å². The van der Waals surface area contributed by atoms with Crippen molar-refractivity contribution in [3.8, 4) is 0 Å². The molecule has 1 aliphatic heterocycles. The van der Waals surface area contributed by atoms with Gasteiger partial charge in [-0.2, -0.15) is 0 Å². The average molecular weight is 264 g/mol. The zero-order valence-corrected chi connectivity index (χ0v) is 11.3. The van der Waals surface area contributed by atoms with Crippen LogP contribution in [0.5, 0.6) is 0 Å². The third-order valence-electron chi connectivity index (χ3n) is 3.73. The number of nitrogens with zero attached hydrogens (tertiary/aromatic N) is 2. The van der Waals surface area contributed by atoms with E-state index in [1.165, 1.54) is 6.07 Å². The fourth-order valence-electron chi connectivity index (χ4n) is 2.48. The van der Waals surface area contributed by atoms with Crippen LogP contribution in [0.25, 0.3) is 0 Å². The van der Waals surface area contributed by atoms with Crippen molar-refractivity contribution < 1.29 is 4.92 Å². The number of benzene rings is 1. The first-order chi connectivity index (χ1) is 8.95. The molecule has 1 aromatic rings. The first-order valence-electron chi connectivity index (χ1n) is 6.47. The van der Waals surface area contributed by atoms with Crippen LogP contribution in [-0.2, 0) is 0 Å². The number of nitrogen functional groups attached to an aromatic ring is 1. The van der Waals surface area contributed by atoms with Crippen molar-refractivity contribution in [2.45, 2.75) is 31.8 Å². The molecule has 0 bridgehead atoms. The highest BCUT2D eigenvalue weighted by molar-refractivity contribution is 5.61. The van der Waals surface area contributed by atoms with Crippen molar-refractivity contribution in [3.05, 3.63) is 28.3 Å². The monoisotopic (exact) mass is 264 g/mol. The third kappa shape index (κ3) is 3.35. The summed E-state index contributed by atoms with van der Waals surface area (Å²) in [4.78, 5) is 12.7. The number of nitro benzene ring substituents is 1. The minimum atomic E-state index is -0.418. The van der Waals surface area contributed by atoms with Crippen LogP contribution >= 0.6 is 0 Å².